The molecule has 1 aliphatic rings. The van der Waals surface area contributed by atoms with Crippen LogP contribution in [0.25, 0.3) is 0 Å². The summed E-state index contributed by atoms with van der Waals surface area (Å²) in [6, 6.07) is 0. The van der Waals surface area contributed by atoms with Gasteiger partial charge in [0.2, 0.25) is 5.91 Å². The molecule has 1 unspecified atom stereocenters. The van der Waals surface area contributed by atoms with Crippen LogP contribution in [0.3, 0.4) is 0 Å². The highest BCUT2D eigenvalue weighted by Gasteiger charge is 2.30. The Morgan fingerprint density at radius 1 is 1.53 bits per heavy atom. The number of halogens is 1. The maximum atomic E-state index is 11.6. The summed E-state index contributed by atoms with van der Waals surface area (Å²) < 4.78 is 0. The Bertz CT molecular complexity index is 367. The summed E-state index contributed by atoms with van der Waals surface area (Å²) in [5.41, 5.74) is 5.52. The summed E-state index contributed by atoms with van der Waals surface area (Å²) in [4.78, 5) is 21.1. The third-order valence-electron chi connectivity index (χ3n) is 2.42. The fourth-order valence-electron chi connectivity index (χ4n) is 1.61. The number of amides is 1. The zero-order chi connectivity index (χ0) is 10.8. The summed E-state index contributed by atoms with van der Waals surface area (Å²) in [6.45, 7) is 1.13. The molecule has 1 aromatic heterocycles. The highest BCUT2D eigenvalue weighted by atomic mass is 35.5. The Morgan fingerprint density at radius 3 is 2.87 bits per heavy atom. The second-order valence-electron chi connectivity index (χ2n) is 3.51. The standard InChI is InChI=1S/C9H11ClN4O/c10-7-3-13-8(4-12-7)14-5-6(2-11)1-9(14)15/h3-4,6H,1-2,5,11H2. The van der Waals surface area contributed by atoms with Crippen molar-refractivity contribution in [2.24, 2.45) is 11.7 Å². The van der Waals surface area contributed by atoms with Gasteiger partial charge in [0.15, 0.2) is 5.82 Å². The van der Waals surface area contributed by atoms with E-state index in [2.05, 4.69) is 9.97 Å². The van der Waals surface area contributed by atoms with Crippen LogP contribution in [0, 0.1) is 5.92 Å². The molecular weight excluding hydrogens is 216 g/mol. The largest absolute Gasteiger partial charge is 0.330 e. The van der Waals surface area contributed by atoms with Gasteiger partial charge in [-0.3, -0.25) is 9.69 Å². The van der Waals surface area contributed by atoms with E-state index in [1.54, 1.807) is 4.90 Å². The molecule has 1 amide bonds. The quantitative estimate of drug-likeness (QED) is 0.795. The lowest BCUT2D eigenvalue weighted by atomic mass is 10.1. The Hall–Kier alpha value is -1.20. The van der Waals surface area contributed by atoms with Gasteiger partial charge in [-0.25, -0.2) is 9.97 Å². The van der Waals surface area contributed by atoms with Crippen LogP contribution in [0.1, 0.15) is 6.42 Å². The van der Waals surface area contributed by atoms with E-state index in [4.69, 9.17) is 17.3 Å². The minimum atomic E-state index is 0.0436. The maximum absolute atomic E-state index is 11.6. The molecule has 0 bridgehead atoms. The number of hydrogen-bond acceptors (Lipinski definition) is 4. The first-order chi connectivity index (χ1) is 7.20. The first kappa shape index (κ1) is 10.3. The van der Waals surface area contributed by atoms with Crippen LogP contribution in [0.5, 0.6) is 0 Å². The highest BCUT2D eigenvalue weighted by Crippen LogP contribution is 2.22. The van der Waals surface area contributed by atoms with Gasteiger partial charge in [-0.05, 0) is 12.5 Å². The van der Waals surface area contributed by atoms with Crippen molar-refractivity contribution < 1.29 is 4.79 Å². The van der Waals surface area contributed by atoms with Crippen molar-refractivity contribution in [3.8, 4) is 0 Å². The average molecular weight is 227 g/mol. The summed E-state index contributed by atoms with van der Waals surface area (Å²) in [5, 5.41) is 0.320. The van der Waals surface area contributed by atoms with Gasteiger partial charge in [-0.2, -0.15) is 0 Å². The van der Waals surface area contributed by atoms with Crippen molar-refractivity contribution in [3.63, 3.8) is 0 Å². The van der Waals surface area contributed by atoms with E-state index in [0.717, 1.165) is 0 Å². The number of nitrogens with zero attached hydrogens (tertiary/aromatic N) is 3. The molecule has 0 radical (unpaired) electrons. The molecule has 1 fully saturated rings. The van der Waals surface area contributed by atoms with E-state index in [1.807, 2.05) is 0 Å². The van der Waals surface area contributed by atoms with Gasteiger partial charge in [0.25, 0.3) is 0 Å². The van der Waals surface area contributed by atoms with Gasteiger partial charge in [0.05, 0.1) is 12.4 Å². The van der Waals surface area contributed by atoms with Crippen LogP contribution in [0.4, 0.5) is 5.82 Å². The smallest absolute Gasteiger partial charge is 0.228 e. The van der Waals surface area contributed by atoms with Crippen LogP contribution in [0.15, 0.2) is 12.4 Å². The Morgan fingerprint density at radius 2 is 2.33 bits per heavy atom. The molecule has 1 atom stereocenters. The number of hydrogen-bond donors (Lipinski definition) is 1. The Labute approximate surface area is 92.3 Å². The lowest BCUT2D eigenvalue weighted by Gasteiger charge is -2.14. The number of carbonyl (C=O) groups excluding carboxylic acids is 1. The van der Waals surface area contributed by atoms with Crippen molar-refractivity contribution >= 4 is 23.3 Å². The van der Waals surface area contributed by atoms with Crippen LogP contribution in [0.2, 0.25) is 5.15 Å². The van der Waals surface area contributed by atoms with Gasteiger partial charge in [0, 0.05) is 13.0 Å². The normalized spacial score (nSPS) is 21.1. The zero-order valence-corrected chi connectivity index (χ0v) is 8.81. The van der Waals surface area contributed by atoms with Gasteiger partial charge in [-0.15, -0.1) is 0 Å². The topological polar surface area (TPSA) is 72.1 Å². The molecule has 15 heavy (non-hydrogen) atoms. The molecule has 0 spiro atoms. The van der Waals surface area contributed by atoms with E-state index >= 15 is 0 Å². The molecule has 2 rings (SSSR count). The number of anilines is 1. The fraction of sp³-hybridized carbons (Fsp3) is 0.444. The SMILES string of the molecule is NCC1CC(=O)N(c2cnc(Cl)cn2)C1. The van der Waals surface area contributed by atoms with Crippen LogP contribution in [-0.4, -0.2) is 29.0 Å². The molecule has 0 aliphatic carbocycles. The van der Waals surface area contributed by atoms with Crippen molar-refractivity contribution in [1.29, 1.82) is 0 Å². The summed E-state index contributed by atoms with van der Waals surface area (Å²) >= 11 is 5.61. The van der Waals surface area contributed by atoms with E-state index in [-0.39, 0.29) is 11.8 Å². The molecule has 1 aromatic rings. The second kappa shape index (κ2) is 4.12. The maximum Gasteiger partial charge on any atom is 0.228 e. The van der Waals surface area contributed by atoms with Crippen molar-refractivity contribution in [2.45, 2.75) is 6.42 Å². The lowest BCUT2D eigenvalue weighted by Crippen LogP contribution is -2.26. The molecular formula is C9H11ClN4O. The molecule has 80 valence electrons. The zero-order valence-electron chi connectivity index (χ0n) is 8.06. The molecule has 5 nitrogen and oxygen atoms in total. The highest BCUT2D eigenvalue weighted by molar-refractivity contribution is 6.29. The van der Waals surface area contributed by atoms with E-state index in [1.165, 1.54) is 12.4 Å². The second-order valence-corrected chi connectivity index (χ2v) is 3.89. The minimum Gasteiger partial charge on any atom is -0.330 e. The van der Waals surface area contributed by atoms with E-state index < -0.39 is 0 Å². The third kappa shape index (κ3) is 2.08. The van der Waals surface area contributed by atoms with Crippen molar-refractivity contribution in [1.82, 2.24) is 9.97 Å². The fourth-order valence-corrected chi connectivity index (χ4v) is 1.70. The molecule has 6 heteroatoms. The van der Waals surface area contributed by atoms with Crippen LogP contribution in [-0.2, 0) is 4.79 Å². The molecule has 2 N–H and O–H groups in total. The van der Waals surface area contributed by atoms with Crippen molar-refractivity contribution in [2.75, 3.05) is 18.0 Å². The van der Waals surface area contributed by atoms with E-state index in [0.29, 0.717) is 30.5 Å². The number of rotatable bonds is 2. The van der Waals surface area contributed by atoms with Gasteiger partial charge in [0.1, 0.15) is 5.15 Å². The molecule has 1 saturated heterocycles. The summed E-state index contributed by atoms with van der Waals surface area (Å²) in [6.07, 6.45) is 3.42. The van der Waals surface area contributed by atoms with Gasteiger partial charge < -0.3 is 5.73 Å². The average Bonchev–Trinajstić information content (AvgIpc) is 2.61. The predicted octanol–water partition coefficient (Wildman–Crippen LogP) is 0.442. The predicted molar refractivity (Wildman–Crippen MR) is 56.6 cm³/mol. The number of carbonyl (C=O) groups is 1. The molecule has 0 saturated carbocycles. The Kier molecular flexibility index (Phi) is 2.83. The Balaban J connectivity index is 2.18. The monoisotopic (exact) mass is 226 g/mol. The van der Waals surface area contributed by atoms with Crippen LogP contribution < -0.4 is 10.6 Å². The minimum absolute atomic E-state index is 0.0436. The van der Waals surface area contributed by atoms with Crippen LogP contribution >= 0.6 is 11.6 Å². The molecule has 2 heterocycles. The molecule has 0 aromatic carbocycles. The van der Waals surface area contributed by atoms with Gasteiger partial charge in [-0.1, -0.05) is 11.6 Å². The summed E-state index contributed by atoms with van der Waals surface area (Å²) in [5.74, 6) is 0.803. The number of nitrogens with two attached hydrogens (primary N) is 1. The molecule has 1 aliphatic heterocycles. The number of aromatic nitrogens is 2. The van der Waals surface area contributed by atoms with E-state index in [9.17, 15) is 4.79 Å². The third-order valence-corrected chi connectivity index (χ3v) is 2.62. The first-order valence-corrected chi connectivity index (χ1v) is 5.06. The van der Waals surface area contributed by atoms with Crippen molar-refractivity contribution in [3.05, 3.63) is 17.5 Å². The van der Waals surface area contributed by atoms with Gasteiger partial charge >= 0.3 is 0 Å². The lowest BCUT2D eigenvalue weighted by molar-refractivity contribution is -0.117. The summed E-state index contributed by atoms with van der Waals surface area (Å²) in [7, 11) is 0. The first-order valence-electron chi connectivity index (χ1n) is 4.68.